The Labute approximate surface area is 165 Å². The van der Waals surface area contributed by atoms with Crippen molar-refractivity contribution in [3.8, 4) is 0 Å². The number of nitrogens with zero attached hydrogens (tertiary/aromatic N) is 2. The molecule has 1 saturated heterocycles. The van der Waals surface area contributed by atoms with Crippen LogP contribution in [0.15, 0.2) is 60.7 Å². The lowest BCUT2D eigenvalue weighted by molar-refractivity contribution is -0.139. The first-order valence-electron chi connectivity index (χ1n) is 9.45. The maximum absolute atomic E-state index is 13.2. The minimum Gasteiger partial charge on any atom is -0.340 e. The van der Waals surface area contributed by atoms with E-state index in [9.17, 15) is 14.4 Å². The Balaban J connectivity index is 1.76. The highest BCUT2D eigenvalue weighted by atomic mass is 16.2. The largest absolute Gasteiger partial charge is 0.340 e. The quantitative estimate of drug-likeness (QED) is 0.752. The van der Waals surface area contributed by atoms with Gasteiger partial charge in [-0.15, -0.1) is 0 Å². The first-order valence-corrected chi connectivity index (χ1v) is 9.45. The first kappa shape index (κ1) is 19.6. The summed E-state index contributed by atoms with van der Waals surface area (Å²) in [7, 11) is 1.67. The minimum absolute atomic E-state index is 0.272. The van der Waals surface area contributed by atoms with Crippen molar-refractivity contribution < 1.29 is 14.4 Å². The highest BCUT2D eigenvalue weighted by Gasteiger charge is 2.52. The molecule has 0 aliphatic carbocycles. The Hall–Kier alpha value is -3.15. The van der Waals surface area contributed by atoms with E-state index in [0.29, 0.717) is 13.0 Å². The molecule has 1 N–H and O–H groups in total. The molecular formula is C22H25N3O3. The molecule has 2 aromatic carbocycles. The van der Waals surface area contributed by atoms with E-state index in [1.807, 2.05) is 67.6 Å². The summed E-state index contributed by atoms with van der Waals surface area (Å²) in [6.45, 7) is 2.11. The number of rotatable bonds is 7. The van der Waals surface area contributed by atoms with Crippen molar-refractivity contribution in [2.24, 2.45) is 0 Å². The van der Waals surface area contributed by atoms with Gasteiger partial charge < -0.3 is 10.2 Å². The third-order valence-electron chi connectivity index (χ3n) is 5.05. The van der Waals surface area contributed by atoms with Gasteiger partial charge in [0, 0.05) is 13.6 Å². The van der Waals surface area contributed by atoms with Crippen LogP contribution < -0.4 is 5.32 Å². The second-order valence-electron chi connectivity index (χ2n) is 7.08. The van der Waals surface area contributed by atoms with Gasteiger partial charge in [0.2, 0.25) is 5.91 Å². The van der Waals surface area contributed by atoms with E-state index in [1.54, 1.807) is 7.05 Å². The number of urea groups is 1. The van der Waals surface area contributed by atoms with E-state index in [0.717, 1.165) is 22.4 Å². The molecule has 0 aromatic heterocycles. The summed E-state index contributed by atoms with van der Waals surface area (Å²) < 4.78 is 0. The van der Waals surface area contributed by atoms with Crippen LogP contribution in [0.25, 0.3) is 0 Å². The average Bonchev–Trinajstić information content (AvgIpc) is 2.94. The van der Waals surface area contributed by atoms with Crippen LogP contribution in [-0.4, -0.2) is 41.2 Å². The molecule has 1 aliphatic rings. The van der Waals surface area contributed by atoms with Crippen molar-refractivity contribution in [2.45, 2.75) is 31.8 Å². The third-order valence-corrected chi connectivity index (χ3v) is 5.05. The van der Waals surface area contributed by atoms with Crippen LogP contribution in [0, 0.1) is 0 Å². The van der Waals surface area contributed by atoms with Gasteiger partial charge in [0.1, 0.15) is 12.1 Å². The zero-order chi connectivity index (χ0) is 20.1. The highest BCUT2D eigenvalue weighted by Crippen LogP contribution is 2.33. The first-order chi connectivity index (χ1) is 13.5. The van der Waals surface area contributed by atoms with E-state index in [1.165, 1.54) is 4.90 Å². The molecule has 3 rings (SSSR count). The Morgan fingerprint density at radius 2 is 1.64 bits per heavy atom. The number of hydrogen-bond acceptors (Lipinski definition) is 3. The predicted molar refractivity (Wildman–Crippen MR) is 106 cm³/mol. The van der Waals surface area contributed by atoms with Gasteiger partial charge in [-0.05, 0) is 17.5 Å². The van der Waals surface area contributed by atoms with Gasteiger partial charge in [0.05, 0.1) is 0 Å². The molecule has 0 bridgehead atoms. The van der Waals surface area contributed by atoms with Crippen LogP contribution in [0.3, 0.4) is 0 Å². The molecule has 6 nitrogen and oxygen atoms in total. The van der Waals surface area contributed by atoms with Gasteiger partial charge >= 0.3 is 6.03 Å². The molecule has 0 saturated carbocycles. The maximum Gasteiger partial charge on any atom is 0.325 e. The Kier molecular flexibility index (Phi) is 5.78. The molecule has 4 amide bonds. The number of carbonyl (C=O) groups excluding carboxylic acids is 3. The van der Waals surface area contributed by atoms with Crippen LogP contribution in [-0.2, 0) is 21.7 Å². The second kappa shape index (κ2) is 8.25. The number of benzene rings is 2. The number of imide groups is 1. The van der Waals surface area contributed by atoms with E-state index in [2.05, 4.69) is 5.32 Å². The van der Waals surface area contributed by atoms with Crippen molar-refractivity contribution >= 4 is 17.8 Å². The van der Waals surface area contributed by atoms with Gasteiger partial charge in [-0.3, -0.25) is 14.5 Å². The Morgan fingerprint density at radius 1 is 1.04 bits per heavy atom. The number of likely N-dealkylation sites (N-methyl/N-ethyl adjacent to an activating group) is 1. The number of hydrogen-bond donors (Lipinski definition) is 1. The van der Waals surface area contributed by atoms with Crippen LogP contribution >= 0.6 is 0 Å². The standard InChI is InChI=1S/C22H25N3O3/c1-3-14-22(18-12-8-5-9-13-18)20(27)25(21(28)23-22)16-19(26)24(2)15-17-10-6-4-7-11-17/h4-13H,3,14-16H2,1-2H3,(H,23,28)/t22-/m1/s1. The lowest BCUT2D eigenvalue weighted by Gasteiger charge is -2.27. The summed E-state index contributed by atoms with van der Waals surface area (Å²) in [4.78, 5) is 41.0. The highest BCUT2D eigenvalue weighted by molar-refractivity contribution is 6.09. The minimum atomic E-state index is -1.11. The molecule has 1 fully saturated rings. The molecule has 0 unspecified atom stereocenters. The van der Waals surface area contributed by atoms with Crippen LogP contribution in [0.5, 0.6) is 0 Å². The molecule has 1 aliphatic heterocycles. The summed E-state index contributed by atoms with van der Waals surface area (Å²) in [5.41, 5.74) is 0.619. The molecule has 0 spiro atoms. The average molecular weight is 379 g/mol. The third kappa shape index (κ3) is 3.76. The molecule has 6 heteroatoms. The predicted octanol–water partition coefficient (Wildman–Crippen LogP) is 2.89. The van der Waals surface area contributed by atoms with Crippen LogP contribution in [0.1, 0.15) is 30.9 Å². The summed E-state index contributed by atoms with van der Waals surface area (Å²) >= 11 is 0. The topological polar surface area (TPSA) is 69.7 Å². The lowest BCUT2D eigenvalue weighted by Crippen LogP contribution is -2.45. The zero-order valence-electron chi connectivity index (χ0n) is 16.2. The van der Waals surface area contributed by atoms with E-state index in [-0.39, 0.29) is 18.4 Å². The second-order valence-corrected chi connectivity index (χ2v) is 7.08. The van der Waals surface area contributed by atoms with Crippen molar-refractivity contribution in [1.29, 1.82) is 0 Å². The summed E-state index contributed by atoms with van der Waals surface area (Å²) in [6, 6.07) is 18.3. The lowest BCUT2D eigenvalue weighted by atomic mass is 9.85. The van der Waals surface area contributed by atoms with Crippen LogP contribution in [0.4, 0.5) is 4.79 Å². The number of carbonyl (C=O) groups is 3. The van der Waals surface area contributed by atoms with E-state index in [4.69, 9.17) is 0 Å². The fraction of sp³-hybridized carbons (Fsp3) is 0.318. The smallest absolute Gasteiger partial charge is 0.325 e. The molecule has 2 aromatic rings. The Bertz CT molecular complexity index is 854. The molecule has 1 atom stereocenters. The van der Waals surface area contributed by atoms with Gasteiger partial charge in [-0.25, -0.2) is 4.79 Å². The molecule has 0 radical (unpaired) electrons. The molecular weight excluding hydrogens is 354 g/mol. The zero-order valence-corrected chi connectivity index (χ0v) is 16.2. The normalized spacial score (nSPS) is 18.9. The monoisotopic (exact) mass is 379 g/mol. The van der Waals surface area contributed by atoms with Crippen molar-refractivity contribution in [3.05, 3.63) is 71.8 Å². The van der Waals surface area contributed by atoms with Crippen molar-refractivity contribution in [1.82, 2.24) is 15.1 Å². The van der Waals surface area contributed by atoms with Crippen molar-refractivity contribution in [3.63, 3.8) is 0 Å². The van der Waals surface area contributed by atoms with E-state index >= 15 is 0 Å². The summed E-state index contributed by atoms with van der Waals surface area (Å²) in [6.07, 6.45) is 1.20. The SMILES string of the molecule is CCC[C@]1(c2ccccc2)NC(=O)N(CC(=O)N(C)Cc2ccccc2)C1=O. The van der Waals surface area contributed by atoms with Crippen molar-refractivity contribution in [2.75, 3.05) is 13.6 Å². The fourth-order valence-electron chi connectivity index (χ4n) is 3.58. The van der Waals surface area contributed by atoms with Gasteiger partial charge in [-0.2, -0.15) is 0 Å². The molecule has 1 heterocycles. The molecule has 28 heavy (non-hydrogen) atoms. The summed E-state index contributed by atoms with van der Waals surface area (Å²) in [5.74, 6) is -0.653. The van der Waals surface area contributed by atoms with Gasteiger partial charge in [0.25, 0.3) is 5.91 Å². The maximum atomic E-state index is 13.2. The number of nitrogens with one attached hydrogen (secondary N) is 1. The molecule has 146 valence electrons. The van der Waals surface area contributed by atoms with Gasteiger partial charge in [0.15, 0.2) is 0 Å². The fourth-order valence-corrected chi connectivity index (χ4v) is 3.58. The van der Waals surface area contributed by atoms with Crippen LogP contribution in [0.2, 0.25) is 0 Å². The summed E-state index contributed by atoms with van der Waals surface area (Å²) in [5, 5.41) is 2.85. The van der Waals surface area contributed by atoms with E-state index < -0.39 is 11.6 Å². The number of amides is 4. The van der Waals surface area contributed by atoms with Gasteiger partial charge in [-0.1, -0.05) is 74.0 Å². The Morgan fingerprint density at radius 3 is 2.25 bits per heavy atom.